The average molecular weight is 378 g/mol. The molecule has 1 aromatic heterocycles. The Labute approximate surface area is 147 Å². The Morgan fingerprint density at radius 1 is 1.48 bits per heavy atom. The van der Waals surface area contributed by atoms with Crippen molar-refractivity contribution in [2.24, 2.45) is 10.7 Å². The molecule has 0 aromatic carbocycles. The van der Waals surface area contributed by atoms with E-state index in [0.717, 1.165) is 42.6 Å². The minimum absolute atomic E-state index is 0.168. The van der Waals surface area contributed by atoms with Crippen molar-refractivity contribution in [3.05, 3.63) is 16.1 Å². The number of halogens is 3. The zero-order valence-corrected chi connectivity index (χ0v) is 14.6. The molecule has 1 fully saturated rings. The molecule has 4 N–H and O–H groups in total. The van der Waals surface area contributed by atoms with Crippen molar-refractivity contribution in [2.75, 3.05) is 26.7 Å². The molecule has 140 valence electrons. The van der Waals surface area contributed by atoms with Crippen LogP contribution in [-0.4, -0.2) is 54.5 Å². The number of guanidine groups is 1. The molecule has 7 nitrogen and oxygen atoms in total. The smallest absolute Gasteiger partial charge is 0.369 e. The summed E-state index contributed by atoms with van der Waals surface area (Å²) in [5.41, 5.74) is 4.31. The summed E-state index contributed by atoms with van der Waals surface area (Å²) < 4.78 is 37.6. The molecule has 0 radical (unpaired) electrons. The van der Waals surface area contributed by atoms with Crippen LogP contribution in [0.4, 0.5) is 13.2 Å². The molecule has 1 aromatic rings. The van der Waals surface area contributed by atoms with E-state index in [-0.39, 0.29) is 25.0 Å². The van der Waals surface area contributed by atoms with Gasteiger partial charge in [-0.3, -0.25) is 14.7 Å². The Morgan fingerprint density at radius 2 is 2.16 bits per heavy atom. The third-order valence-electron chi connectivity index (χ3n) is 3.78. The second-order valence-corrected chi connectivity index (χ2v) is 6.65. The van der Waals surface area contributed by atoms with Gasteiger partial charge in [-0.05, 0) is 12.8 Å². The van der Waals surface area contributed by atoms with Crippen LogP contribution >= 0.6 is 11.3 Å². The van der Waals surface area contributed by atoms with Gasteiger partial charge < -0.3 is 16.4 Å². The standard InChI is InChI=1S/C14H21F3N6OS/c1-19-13(20-6-12-22-10(8-25-12)14(15,16)17)21-9-2-4-23(5-3-9)7-11(18)24/h8-9H,2-7H2,1H3,(H2,18,24)(H2,19,20,21). The number of hydrogen-bond donors (Lipinski definition) is 3. The van der Waals surface area contributed by atoms with Crippen molar-refractivity contribution < 1.29 is 18.0 Å². The maximum absolute atomic E-state index is 12.5. The number of hydrogen-bond acceptors (Lipinski definition) is 5. The average Bonchev–Trinajstić information content (AvgIpc) is 3.02. The van der Waals surface area contributed by atoms with E-state index in [4.69, 9.17) is 5.73 Å². The van der Waals surface area contributed by atoms with E-state index in [1.54, 1.807) is 7.05 Å². The number of carbonyl (C=O) groups excluding carboxylic acids is 1. The van der Waals surface area contributed by atoms with Crippen LogP contribution in [0.15, 0.2) is 10.4 Å². The molecule has 2 rings (SSSR count). The van der Waals surface area contributed by atoms with Gasteiger partial charge in [-0.25, -0.2) is 4.98 Å². The highest BCUT2D eigenvalue weighted by Crippen LogP contribution is 2.29. The number of rotatable bonds is 5. The summed E-state index contributed by atoms with van der Waals surface area (Å²) in [6.45, 7) is 1.92. The van der Waals surface area contributed by atoms with E-state index < -0.39 is 11.9 Å². The summed E-state index contributed by atoms with van der Waals surface area (Å²) in [5.74, 6) is 0.169. The summed E-state index contributed by atoms with van der Waals surface area (Å²) in [6.07, 6.45) is -2.78. The summed E-state index contributed by atoms with van der Waals surface area (Å²) >= 11 is 0.954. The SMILES string of the molecule is CN=C(NCc1nc(C(F)(F)F)cs1)NC1CCN(CC(N)=O)CC1. The van der Waals surface area contributed by atoms with Crippen LogP contribution < -0.4 is 16.4 Å². The zero-order chi connectivity index (χ0) is 18.4. The Bertz CT molecular complexity index is 610. The zero-order valence-electron chi connectivity index (χ0n) is 13.8. The van der Waals surface area contributed by atoms with Crippen LogP contribution in [0.25, 0.3) is 0 Å². The van der Waals surface area contributed by atoms with Crippen LogP contribution in [0.1, 0.15) is 23.5 Å². The van der Waals surface area contributed by atoms with Gasteiger partial charge in [0.15, 0.2) is 11.7 Å². The molecular weight excluding hydrogens is 357 g/mol. The largest absolute Gasteiger partial charge is 0.434 e. The summed E-state index contributed by atoms with van der Waals surface area (Å²) in [5, 5.41) is 7.55. The Kier molecular flexibility index (Phi) is 6.59. The molecular formula is C14H21F3N6OS. The minimum atomic E-state index is -4.42. The number of primary amides is 1. The first kappa shape index (κ1) is 19.4. The molecule has 1 aliphatic heterocycles. The van der Waals surface area contributed by atoms with Crippen molar-refractivity contribution in [1.29, 1.82) is 0 Å². The van der Waals surface area contributed by atoms with Crippen molar-refractivity contribution in [3.63, 3.8) is 0 Å². The molecule has 2 heterocycles. The minimum Gasteiger partial charge on any atom is -0.369 e. The van der Waals surface area contributed by atoms with Crippen LogP contribution in [0, 0.1) is 0 Å². The predicted octanol–water partition coefficient (Wildman–Crippen LogP) is 0.777. The molecule has 1 saturated heterocycles. The number of piperidine rings is 1. The van der Waals surface area contributed by atoms with Gasteiger partial charge in [0, 0.05) is 31.6 Å². The van der Waals surface area contributed by atoms with E-state index in [1.165, 1.54) is 0 Å². The first-order valence-corrected chi connectivity index (χ1v) is 8.65. The van der Waals surface area contributed by atoms with E-state index in [2.05, 4.69) is 20.6 Å². The summed E-state index contributed by atoms with van der Waals surface area (Å²) in [6, 6.07) is 0.178. The molecule has 0 bridgehead atoms. The third kappa shape index (κ3) is 6.16. The first-order chi connectivity index (χ1) is 11.8. The Hall–Kier alpha value is -1.88. The third-order valence-corrected chi connectivity index (χ3v) is 4.63. The highest BCUT2D eigenvalue weighted by Gasteiger charge is 2.33. The van der Waals surface area contributed by atoms with Crippen LogP contribution in [-0.2, 0) is 17.5 Å². The monoisotopic (exact) mass is 378 g/mol. The van der Waals surface area contributed by atoms with Gasteiger partial charge in [0.2, 0.25) is 5.91 Å². The number of aromatic nitrogens is 1. The first-order valence-electron chi connectivity index (χ1n) is 7.77. The fourth-order valence-corrected chi connectivity index (χ4v) is 3.27. The lowest BCUT2D eigenvalue weighted by molar-refractivity contribution is -0.140. The number of nitrogens with one attached hydrogen (secondary N) is 2. The Morgan fingerprint density at radius 3 is 2.68 bits per heavy atom. The van der Waals surface area contributed by atoms with E-state index in [0.29, 0.717) is 11.0 Å². The number of nitrogens with two attached hydrogens (primary N) is 1. The van der Waals surface area contributed by atoms with Crippen molar-refractivity contribution >= 4 is 23.2 Å². The van der Waals surface area contributed by atoms with Gasteiger partial charge in [0.1, 0.15) is 5.01 Å². The van der Waals surface area contributed by atoms with Gasteiger partial charge >= 0.3 is 6.18 Å². The van der Waals surface area contributed by atoms with Gasteiger partial charge in [-0.15, -0.1) is 11.3 Å². The number of carbonyl (C=O) groups is 1. The van der Waals surface area contributed by atoms with E-state index in [1.807, 2.05) is 4.90 Å². The van der Waals surface area contributed by atoms with Gasteiger partial charge in [0.05, 0.1) is 13.1 Å². The maximum atomic E-state index is 12.5. The second kappa shape index (κ2) is 8.48. The molecule has 1 amide bonds. The summed E-state index contributed by atoms with van der Waals surface area (Å²) in [7, 11) is 1.60. The van der Waals surface area contributed by atoms with Crippen LogP contribution in [0.5, 0.6) is 0 Å². The molecule has 0 aliphatic carbocycles. The number of amides is 1. The highest BCUT2D eigenvalue weighted by molar-refractivity contribution is 7.09. The highest BCUT2D eigenvalue weighted by atomic mass is 32.1. The quantitative estimate of drug-likeness (QED) is 0.520. The fourth-order valence-electron chi connectivity index (χ4n) is 2.53. The number of likely N-dealkylation sites (tertiary alicyclic amines) is 1. The number of thiazole rings is 1. The van der Waals surface area contributed by atoms with Crippen LogP contribution in [0.3, 0.4) is 0 Å². The van der Waals surface area contributed by atoms with Gasteiger partial charge in [-0.2, -0.15) is 13.2 Å². The number of aliphatic imine (C=N–C) groups is 1. The molecule has 0 spiro atoms. The predicted molar refractivity (Wildman–Crippen MR) is 89.1 cm³/mol. The lowest BCUT2D eigenvalue weighted by Gasteiger charge is -2.32. The molecule has 0 saturated carbocycles. The Balaban J connectivity index is 1.78. The molecule has 11 heteroatoms. The van der Waals surface area contributed by atoms with Crippen molar-refractivity contribution in [2.45, 2.75) is 31.6 Å². The van der Waals surface area contributed by atoms with Crippen LogP contribution in [0.2, 0.25) is 0 Å². The maximum Gasteiger partial charge on any atom is 0.434 e. The molecule has 25 heavy (non-hydrogen) atoms. The summed E-state index contributed by atoms with van der Waals surface area (Å²) in [4.78, 5) is 20.6. The van der Waals surface area contributed by atoms with E-state index in [9.17, 15) is 18.0 Å². The van der Waals surface area contributed by atoms with Crippen molar-refractivity contribution in [3.8, 4) is 0 Å². The number of alkyl halides is 3. The lowest BCUT2D eigenvalue weighted by atomic mass is 10.1. The van der Waals surface area contributed by atoms with Gasteiger partial charge in [-0.1, -0.05) is 0 Å². The van der Waals surface area contributed by atoms with Crippen molar-refractivity contribution in [1.82, 2.24) is 20.5 Å². The van der Waals surface area contributed by atoms with Gasteiger partial charge in [0.25, 0.3) is 0 Å². The normalized spacial score (nSPS) is 17.5. The lowest BCUT2D eigenvalue weighted by Crippen LogP contribution is -2.49. The molecule has 0 atom stereocenters. The second-order valence-electron chi connectivity index (χ2n) is 5.71. The fraction of sp³-hybridized carbons (Fsp3) is 0.643. The topological polar surface area (TPSA) is 95.6 Å². The number of nitrogens with zero attached hydrogens (tertiary/aromatic N) is 3. The molecule has 1 aliphatic rings. The van der Waals surface area contributed by atoms with E-state index >= 15 is 0 Å². The molecule has 0 unspecified atom stereocenters.